The molecule has 0 saturated heterocycles. The molecule has 25 heavy (non-hydrogen) atoms. The lowest BCUT2D eigenvalue weighted by atomic mass is 10.1. The van der Waals surface area contributed by atoms with Crippen molar-refractivity contribution in [1.82, 2.24) is 15.5 Å². The van der Waals surface area contributed by atoms with E-state index in [2.05, 4.69) is 71.2 Å². The molecule has 0 aliphatic heterocycles. The highest BCUT2D eigenvalue weighted by Gasteiger charge is 2.15. The summed E-state index contributed by atoms with van der Waals surface area (Å²) in [5.74, 6) is 1.72. The van der Waals surface area contributed by atoms with Gasteiger partial charge in [-0.1, -0.05) is 18.2 Å². The standard InChI is InChI=1S/C19H28N4OS/c1-5-20-19(21-13-17-10-7-11-25-17)22-14-18(23(2)3)15-8-6-9-16(12-15)24-4/h6-12,18H,5,13-14H2,1-4H3,(H2,20,21,22). The number of rotatable bonds is 8. The molecule has 1 atom stereocenters. The van der Waals surface area contributed by atoms with E-state index >= 15 is 0 Å². The van der Waals surface area contributed by atoms with Gasteiger partial charge < -0.3 is 20.3 Å². The van der Waals surface area contributed by atoms with E-state index in [-0.39, 0.29) is 6.04 Å². The van der Waals surface area contributed by atoms with Crippen molar-refractivity contribution in [2.75, 3.05) is 34.3 Å². The first-order valence-corrected chi connectivity index (χ1v) is 9.37. The SMILES string of the molecule is CCNC(=NCc1cccs1)NCC(c1cccc(OC)c1)N(C)C. The number of ether oxygens (including phenoxy) is 1. The lowest BCUT2D eigenvalue weighted by Gasteiger charge is -2.26. The van der Waals surface area contributed by atoms with Gasteiger partial charge in [-0.3, -0.25) is 0 Å². The predicted molar refractivity (Wildman–Crippen MR) is 107 cm³/mol. The minimum Gasteiger partial charge on any atom is -0.497 e. The van der Waals surface area contributed by atoms with E-state index in [4.69, 9.17) is 4.74 Å². The third kappa shape index (κ3) is 6.07. The average Bonchev–Trinajstić information content (AvgIpc) is 3.13. The van der Waals surface area contributed by atoms with Crippen molar-refractivity contribution >= 4 is 17.3 Å². The van der Waals surface area contributed by atoms with Gasteiger partial charge in [-0.2, -0.15) is 0 Å². The van der Waals surface area contributed by atoms with Gasteiger partial charge in [0, 0.05) is 18.0 Å². The molecule has 0 saturated carbocycles. The molecular weight excluding hydrogens is 332 g/mol. The van der Waals surface area contributed by atoms with Gasteiger partial charge in [-0.25, -0.2) is 4.99 Å². The molecule has 2 aromatic rings. The Balaban J connectivity index is 2.05. The van der Waals surface area contributed by atoms with E-state index in [0.717, 1.165) is 24.8 Å². The summed E-state index contributed by atoms with van der Waals surface area (Å²) in [7, 11) is 5.87. The highest BCUT2D eigenvalue weighted by molar-refractivity contribution is 7.09. The summed E-state index contributed by atoms with van der Waals surface area (Å²) < 4.78 is 5.35. The van der Waals surface area contributed by atoms with E-state index in [0.29, 0.717) is 6.54 Å². The first kappa shape index (κ1) is 19.3. The zero-order chi connectivity index (χ0) is 18.1. The van der Waals surface area contributed by atoms with Gasteiger partial charge >= 0.3 is 0 Å². The Morgan fingerprint density at radius 3 is 2.72 bits per heavy atom. The number of thiophene rings is 1. The van der Waals surface area contributed by atoms with E-state index in [9.17, 15) is 0 Å². The van der Waals surface area contributed by atoms with Crippen LogP contribution in [0.15, 0.2) is 46.8 Å². The van der Waals surface area contributed by atoms with Crippen LogP contribution in [0.3, 0.4) is 0 Å². The van der Waals surface area contributed by atoms with Crippen molar-refractivity contribution in [3.63, 3.8) is 0 Å². The number of hydrogen-bond donors (Lipinski definition) is 2. The predicted octanol–water partition coefficient (Wildman–Crippen LogP) is 3.11. The maximum Gasteiger partial charge on any atom is 0.191 e. The van der Waals surface area contributed by atoms with E-state index < -0.39 is 0 Å². The van der Waals surface area contributed by atoms with Crippen molar-refractivity contribution in [2.45, 2.75) is 19.5 Å². The zero-order valence-electron chi connectivity index (χ0n) is 15.5. The van der Waals surface area contributed by atoms with Crippen LogP contribution in [0.5, 0.6) is 5.75 Å². The topological polar surface area (TPSA) is 48.9 Å². The lowest BCUT2D eigenvalue weighted by molar-refractivity contribution is 0.297. The Kier molecular flexibility index (Phi) is 7.76. The number of guanidine groups is 1. The van der Waals surface area contributed by atoms with Crippen LogP contribution in [0.1, 0.15) is 23.4 Å². The number of methoxy groups -OCH3 is 1. The molecule has 1 unspecified atom stereocenters. The first-order chi connectivity index (χ1) is 12.1. The second kappa shape index (κ2) is 10.1. The third-order valence-corrected chi connectivity index (χ3v) is 4.74. The molecule has 1 heterocycles. The van der Waals surface area contributed by atoms with Crippen LogP contribution in [0, 0.1) is 0 Å². The quantitative estimate of drug-likeness (QED) is 0.561. The Morgan fingerprint density at radius 2 is 2.08 bits per heavy atom. The van der Waals surface area contributed by atoms with Crippen molar-refractivity contribution in [1.29, 1.82) is 0 Å². The summed E-state index contributed by atoms with van der Waals surface area (Å²) in [5, 5.41) is 8.85. The van der Waals surface area contributed by atoms with E-state index in [1.165, 1.54) is 10.4 Å². The van der Waals surface area contributed by atoms with Crippen LogP contribution in [0.25, 0.3) is 0 Å². The minimum absolute atomic E-state index is 0.223. The lowest BCUT2D eigenvalue weighted by Crippen LogP contribution is -2.41. The first-order valence-electron chi connectivity index (χ1n) is 8.49. The molecule has 0 amide bonds. The fourth-order valence-corrected chi connectivity index (χ4v) is 3.17. The zero-order valence-corrected chi connectivity index (χ0v) is 16.3. The molecule has 0 bridgehead atoms. The summed E-state index contributed by atoms with van der Waals surface area (Å²) in [6.07, 6.45) is 0. The fourth-order valence-electron chi connectivity index (χ4n) is 2.54. The Bertz CT molecular complexity index is 655. The van der Waals surface area contributed by atoms with Gasteiger partial charge in [0.15, 0.2) is 5.96 Å². The van der Waals surface area contributed by atoms with E-state index in [1.807, 2.05) is 12.1 Å². The van der Waals surface area contributed by atoms with Gasteiger partial charge in [-0.15, -0.1) is 11.3 Å². The van der Waals surface area contributed by atoms with Gasteiger partial charge in [0.2, 0.25) is 0 Å². The van der Waals surface area contributed by atoms with Crippen molar-refractivity contribution in [2.24, 2.45) is 4.99 Å². The molecule has 1 aromatic carbocycles. The number of aliphatic imine (C=N–C) groups is 1. The van der Waals surface area contributed by atoms with Crippen LogP contribution in [0.2, 0.25) is 0 Å². The monoisotopic (exact) mass is 360 g/mol. The molecule has 0 fully saturated rings. The molecule has 5 nitrogen and oxygen atoms in total. The maximum absolute atomic E-state index is 5.35. The normalized spacial score (nSPS) is 12.9. The summed E-state index contributed by atoms with van der Waals surface area (Å²) in [6.45, 7) is 4.37. The highest BCUT2D eigenvalue weighted by Crippen LogP contribution is 2.22. The van der Waals surface area contributed by atoms with Crippen molar-refractivity contribution in [3.05, 3.63) is 52.2 Å². The summed E-state index contributed by atoms with van der Waals surface area (Å²) in [5.41, 5.74) is 1.21. The van der Waals surface area contributed by atoms with Crippen LogP contribution < -0.4 is 15.4 Å². The molecule has 0 spiro atoms. The molecule has 2 rings (SSSR count). The number of likely N-dealkylation sites (N-methyl/N-ethyl adjacent to an activating group) is 1. The summed E-state index contributed by atoms with van der Waals surface area (Å²) >= 11 is 1.73. The van der Waals surface area contributed by atoms with Gasteiger partial charge in [0.1, 0.15) is 5.75 Å². The van der Waals surface area contributed by atoms with Gasteiger partial charge in [0.05, 0.1) is 19.7 Å². The van der Waals surface area contributed by atoms with Crippen LogP contribution in [0.4, 0.5) is 0 Å². The molecule has 6 heteroatoms. The molecular formula is C19H28N4OS. The van der Waals surface area contributed by atoms with Gasteiger partial charge in [0.25, 0.3) is 0 Å². The molecule has 0 aliphatic carbocycles. The van der Waals surface area contributed by atoms with Crippen LogP contribution >= 0.6 is 11.3 Å². The maximum atomic E-state index is 5.35. The number of nitrogens with zero attached hydrogens (tertiary/aromatic N) is 2. The third-order valence-electron chi connectivity index (χ3n) is 3.88. The molecule has 0 aliphatic rings. The second-order valence-electron chi connectivity index (χ2n) is 5.91. The minimum atomic E-state index is 0.223. The Hall–Kier alpha value is -2.05. The fraction of sp³-hybridized carbons (Fsp3) is 0.421. The van der Waals surface area contributed by atoms with E-state index in [1.54, 1.807) is 18.4 Å². The van der Waals surface area contributed by atoms with Crippen LogP contribution in [-0.4, -0.2) is 45.2 Å². The van der Waals surface area contributed by atoms with Crippen LogP contribution in [-0.2, 0) is 6.54 Å². The van der Waals surface area contributed by atoms with Crippen molar-refractivity contribution in [3.8, 4) is 5.75 Å². The average molecular weight is 361 g/mol. The second-order valence-corrected chi connectivity index (χ2v) is 6.94. The largest absolute Gasteiger partial charge is 0.497 e. The molecule has 0 radical (unpaired) electrons. The highest BCUT2D eigenvalue weighted by atomic mass is 32.1. The molecule has 136 valence electrons. The molecule has 1 aromatic heterocycles. The summed E-state index contributed by atoms with van der Waals surface area (Å²) in [4.78, 5) is 8.13. The Labute approximate surface area is 154 Å². The molecule has 2 N–H and O–H groups in total. The number of benzene rings is 1. The van der Waals surface area contributed by atoms with Crippen molar-refractivity contribution < 1.29 is 4.74 Å². The number of hydrogen-bond acceptors (Lipinski definition) is 4. The number of nitrogens with one attached hydrogen (secondary N) is 2. The van der Waals surface area contributed by atoms with Gasteiger partial charge in [-0.05, 0) is 50.2 Å². The Morgan fingerprint density at radius 1 is 1.24 bits per heavy atom. The summed E-state index contributed by atoms with van der Waals surface area (Å²) in [6, 6.07) is 12.6. The smallest absolute Gasteiger partial charge is 0.191 e.